The summed E-state index contributed by atoms with van der Waals surface area (Å²) in [4.78, 5) is 24.5. The van der Waals surface area contributed by atoms with Crippen LogP contribution < -0.4 is 10.1 Å². The van der Waals surface area contributed by atoms with Gasteiger partial charge in [-0.15, -0.1) is 0 Å². The molecular formula is C17H19Cl2N3O4. The van der Waals surface area contributed by atoms with E-state index in [1.54, 1.807) is 16.9 Å². The number of nitrogens with zero attached hydrogens (tertiary/aromatic N) is 2. The first-order chi connectivity index (χ1) is 12.2. The highest BCUT2D eigenvalue weighted by Crippen LogP contribution is 2.34. The number of carbonyl (C=O) groups excluding carboxylic acids is 2. The number of anilines is 1. The zero-order valence-electron chi connectivity index (χ0n) is 14.7. The molecule has 0 saturated carbocycles. The van der Waals surface area contributed by atoms with Crippen molar-refractivity contribution < 1.29 is 19.1 Å². The monoisotopic (exact) mass is 399 g/mol. The Labute approximate surface area is 161 Å². The van der Waals surface area contributed by atoms with Crippen molar-refractivity contribution in [1.82, 2.24) is 9.78 Å². The van der Waals surface area contributed by atoms with Gasteiger partial charge in [-0.05, 0) is 32.9 Å². The predicted molar refractivity (Wildman–Crippen MR) is 99.1 cm³/mol. The third-order valence-corrected chi connectivity index (χ3v) is 4.06. The third kappa shape index (κ3) is 4.47. The number of benzene rings is 1. The van der Waals surface area contributed by atoms with Crippen LogP contribution in [0, 0.1) is 0 Å². The van der Waals surface area contributed by atoms with E-state index in [1.165, 1.54) is 26.2 Å². The largest absolute Gasteiger partial charge is 0.494 e. The smallest absolute Gasteiger partial charge is 0.339 e. The third-order valence-electron chi connectivity index (χ3n) is 3.50. The lowest BCUT2D eigenvalue weighted by Gasteiger charge is -2.16. The van der Waals surface area contributed by atoms with E-state index in [0.717, 1.165) is 0 Å². The van der Waals surface area contributed by atoms with Crippen molar-refractivity contribution in [2.45, 2.75) is 32.9 Å². The molecule has 0 aliphatic rings. The molecule has 1 N–H and O–H groups in total. The average molecular weight is 400 g/mol. The van der Waals surface area contributed by atoms with E-state index in [0.29, 0.717) is 5.82 Å². The van der Waals surface area contributed by atoms with Crippen LogP contribution in [0.3, 0.4) is 0 Å². The second-order valence-corrected chi connectivity index (χ2v) is 6.58. The number of carbonyl (C=O) groups is 2. The zero-order chi connectivity index (χ0) is 19.4. The van der Waals surface area contributed by atoms with Gasteiger partial charge in [0.25, 0.3) is 5.91 Å². The molecule has 2 aromatic rings. The number of ether oxygens (including phenoxy) is 2. The fraction of sp³-hybridized carbons (Fsp3) is 0.353. The molecule has 0 unspecified atom stereocenters. The van der Waals surface area contributed by atoms with E-state index in [4.69, 9.17) is 32.7 Å². The van der Waals surface area contributed by atoms with E-state index < -0.39 is 18.0 Å². The van der Waals surface area contributed by atoms with Crippen molar-refractivity contribution >= 4 is 40.9 Å². The predicted octanol–water partition coefficient (Wildman–Crippen LogP) is 3.96. The van der Waals surface area contributed by atoms with Crippen molar-refractivity contribution in [1.29, 1.82) is 0 Å². The van der Waals surface area contributed by atoms with Gasteiger partial charge in [0, 0.05) is 12.1 Å². The number of esters is 1. The number of nitrogens with one attached hydrogen (secondary N) is 1. The fourth-order valence-corrected chi connectivity index (χ4v) is 2.85. The number of hydrogen-bond donors (Lipinski definition) is 1. The maximum Gasteiger partial charge on any atom is 0.339 e. The normalized spacial score (nSPS) is 12.0. The summed E-state index contributed by atoms with van der Waals surface area (Å²) in [6.07, 6.45) is 0.547. The second kappa shape index (κ2) is 8.42. The summed E-state index contributed by atoms with van der Waals surface area (Å²) in [7, 11) is 1.42. The molecule has 26 heavy (non-hydrogen) atoms. The Balaban J connectivity index is 2.07. The summed E-state index contributed by atoms with van der Waals surface area (Å²) in [6, 6.07) is 4.47. The molecule has 0 bridgehead atoms. The van der Waals surface area contributed by atoms with E-state index in [-0.39, 0.29) is 27.4 Å². The minimum Gasteiger partial charge on any atom is -0.494 e. The fourth-order valence-electron chi connectivity index (χ4n) is 2.21. The molecule has 0 fully saturated rings. The van der Waals surface area contributed by atoms with Crippen LogP contribution in [0.15, 0.2) is 24.4 Å². The maximum atomic E-state index is 12.3. The minimum atomic E-state index is -1.03. The zero-order valence-corrected chi connectivity index (χ0v) is 16.3. The molecule has 1 amide bonds. The summed E-state index contributed by atoms with van der Waals surface area (Å²) in [6.45, 7) is 5.34. The molecule has 2 rings (SSSR count). The second-order valence-electron chi connectivity index (χ2n) is 5.76. The highest BCUT2D eigenvalue weighted by Gasteiger charge is 2.22. The van der Waals surface area contributed by atoms with Gasteiger partial charge in [0.05, 0.1) is 28.9 Å². The molecule has 0 radical (unpaired) electrons. The first-order valence-corrected chi connectivity index (χ1v) is 8.58. The van der Waals surface area contributed by atoms with Gasteiger partial charge in [0.15, 0.2) is 11.9 Å². The van der Waals surface area contributed by atoms with Crippen molar-refractivity contribution in [3.05, 3.63) is 40.0 Å². The summed E-state index contributed by atoms with van der Waals surface area (Å²) < 4.78 is 11.9. The van der Waals surface area contributed by atoms with E-state index in [9.17, 15) is 9.59 Å². The van der Waals surface area contributed by atoms with Gasteiger partial charge < -0.3 is 14.8 Å². The standard InChI is InChI=1S/C17H19Cl2N3O4/c1-9(2)22-14(5-6-20-22)21-16(23)10(3)26-17(24)11-7-12(18)15(25-4)13(19)8-11/h5-10H,1-4H3,(H,21,23)/t10-/m1/s1. The molecule has 1 atom stereocenters. The topological polar surface area (TPSA) is 82.4 Å². The van der Waals surface area contributed by atoms with Gasteiger partial charge in [-0.1, -0.05) is 23.2 Å². The van der Waals surface area contributed by atoms with Crippen molar-refractivity contribution in [2.24, 2.45) is 0 Å². The number of amides is 1. The lowest BCUT2D eigenvalue weighted by molar-refractivity contribution is -0.123. The van der Waals surface area contributed by atoms with Gasteiger partial charge in [0.1, 0.15) is 5.82 Å². The van der Waals surface area contributed by atoms with Gasteiger partial charge in [-0.25, -0.2) is 9.48 Å². The van der Waals surface area contributed by atoms with Gasteiger partial charge in [-0.3, -0.25) is 4.79 Å². The molecule has 1 heterocycles. The number of hydrogen-bond acceptors (Lipinski definition) is 5. The van der Waals surface area contributed by atoms with Crippen LogP contribution in [0.25, 0.3) is 0 Å². The van der Waals surface area contributed by atoms with Crippen LogP contribution in [0.4, 0.5) is 5.82 Å². The average Bonchev–Trinajstić information content (AvgIpc) is 3.02. The molecular weight excluding hydrogens is 381 g/mol. The SMILES string of the molecule is COc1c(Cl)cc(C(=O)O[C@H](C)C(=O)Nc2ccnn2C(C)C)cc1Cl. The van der Waals surface area contributed by atoms with Crippen LogP contribution in [0.5, 0.6) is 5.75 Å². The number of aromatic nitrogens is 2. The maximum absolute atomic E-state index is 12.3. The highest BCUT2D eigenvalue weighted by molar-refractivity contribution is 6.37. The van der Waals surface area contributed by atoms with Crippen molar-refractivity contribution in [3.8, 4) is 5.75 Å². The summed E-state index contributed by atoms with van der Waals surface area (Å²) >= 11 is 12.0. The first-order valence-electron chi connectivity index (χ1n) is 7.83. The molecule has 0 saturated heterocycles. The summed E-state index contributed by atoms with van der Waals surface area (Å²) in [5, 5.41) is 7.15. The molecule has 0 aliphatic carbocycles. The Bertz CT molecular complexity index is 797. The van der Waals surface area contributed by atoms with Crippen molar-refractivity contribution in [2.75, 3.05) is 12.4 Å². The van der Waals surface area contributed by atoms with Crippen LogP contribution in [-0.4, -0.2) is 34.9 Å². The number of methoxy groups -OCH3 is 1. The van der Waals surface area contributed by atoms with Crippen molar-refractivity contribution in [3.63, 3.8) is 0 Å². The quantitative estimate of drug-likeness (QED) is 0.743. The summed E-state index contributed by atoms with van der Waals surface area (Å²) in [5.41, 5.74) is 0.118. The van der Waals surface area contributed by atoms with Crippen LogP contribution in [0.2, 0.25) is 10.0 Å². The Morgan fingerprint density at radius 2 is 1.81 bits per heavy atom. The van der Waals surface area contributed by atoms with Gasteiger partial charge >= 0.3 is 5.97 Å². The molecule has 0 aliphatic heterocycles. The Kier molecular flexibility index (Phi) is 6.50. The van der Waals surface area contributed by atoms with Crippen LogP contribution in [-0.2, 0) is 9.53 Å². The van der Waals surface area contributed by atoms with E-state index >= 15 is 0 Å². The Morgan fingerprint density at radius 3 is 2.35 bits per heavy atom. The minimum absolute atomic E-state index is 0.0711. The van der Waals surface area contributed by atoms with Gasteiger partial charge in [0.2, 0.25) is 0 Å². The van der Waals surface area contributed by atoms with E-state index in [1.807, 2.05) is 13.8 Å². The van der Waals surface area contributed by atoms with E-state index in [2.05, 4.69) is 10.4 Å². The summed E-state index contributed by atoms with van der Waals surface area (Å²) in [5.74, 6) is -0.427. The lowest BCUT2D eigenvalue weighted by atomic mass is 10.2. The molecule has 140 valence electrons. The Hall–Kier alpha value is -2.25. The number of rotatable bonds is 6. The van der Waals surface area contributed by atoms with Crippen LogP contribution in [0.1, 0.15) is 37.2 Å². The van der Waals surface area contributed by atoms with Crippen LogP contribution >= 0.6 is 23.2 Å². The Morgan fingerprint density at radius 1 is 1.19 bits per heavy atom. The molecule has 1 aromatic carbocycles. The highest BCUT2D eigenvalue weighted by atomic mass is 35.5. The molecule has 1 aromatic heterocycles. The molecule has 9 heteroatoms. The molecule has 7 nitrogen and oxygen atoms in total. The first kappa shape index (κ1) is 20.1. The number of halogens is 2. The lowest BCUT2D eigenvalue weighted by Crippen LogP contribution is -2.31. The molecule has 0 spiro atoms. The van der Waals surface area contributed by atoms with Gasteiger partial charge in [-0.2, -0.15) is 5.10 Å².